The SMILES string of the molecule is Cc1cccc(-n2cc(Br)cn2)n1. The van der Waals surface area contributed by atoms with Gasteiger partial charge in [0.2, 0.25) is 0 Å². The second kappa shape index (κ2) is 3.30. The Balaban J connectivity index is 2.46. The molecule has 0 unspecified atom stereocenters. The summed E-state index contributed by atoms with van der Waals surface area (Å²) >= 11 is 3.34. The summed E-state index contributed by atoms with van der Waals surface area (Å²) in [4.78, 5) is 4.34. The number of aryl methyl sites for hydroxylation is 1. The normalized spacial score (nSPS) is 10.3. The van der Waals surface area contributed by atoms with Crippen LogP contribution in [0.2, 0.25) is 0 Å². The molecule has 66 valence electrons. The summed E-state index contributed by atoms with van der Waals surface area (Å²) in [6, 6.07) is 5.85. The van der Waals surface area contributed by atoms with Crippen LogP contribution in [0.4, 0.5) is 0 Å². The highest BCUT2D eigenvalue weighted by molar-refractivity contribution is 9.10. The average molecular weight is 238 g/mol. The molecule has 2 aromatic rings. The molecule has 4 heteroatoms. The molecule has 0 radical (unpaired) electrons. The fourth-order valence-electron chi connectivity index (χ4n) is 1.08. The van der Waals surface area contributed by atoms with Crippen LogP contribution in [0.25, 0.3) is 5.82 Å². The first-order chi connectivity index (χ1) is 6.25. The number of hydrogen-bond acceptors (Lipinski definition) is 2. The maximum Gasteiger partial charge on any atom is 0.153 e. The minimum Gasteiger partial charge on any atom is -0.234 e. The molecule has 0 aliphatic heterocycles. The van der Waals surface area contributed by atoms with E-state index >= 15 is 0 Å². The predicted molar refractivity (Wildman–Crippen MR) is 53.8 cm³/mol. The molecule has 0 amide bonds. The summed E-state index contributed by atoms with van der Waals surface area (Å²) in [7, 11) is 0. The first-order valence-corrected chi connectivity index (χ1v) is 4.69. The largest absolute Gasteiger partial charge is 0.234 e. The Kier molecular flexibility index (Phi) is 2.14. The third kappa shape index (κ3) is 1.78. The molecular weight excluding hydrogens is 230 g/mol. The van der Waals surface area contributed by atoms with E-state index in [9.17, 15) is 0 Å². The van der Waals surface area contributed by atoms with Crippen LogP contribution in [0.15, 0.2) is 35.1 Å². The summed E-state index contributed by atoms with van der Waals surface area (Å²) < 4.78 is 2.69. The van der Waals surface area contributed by atoms with E-state index in [1.165, 1.54) is 0 Å². The number of halogens is 1. The first kappa shape index (κ1) is 8.44. The Morgan fingerprint density at radius 2 is 2.23 bits per heavy atom. The van der Waals surface area contributed by atoms with Crippen molar-refractivity contribution in [3.05, 3.63) is 40.8 Å². The quantitative estimate of drug-likeness (QED) is 0.763. The summed E-state index contributed by atoms with van der Waals surface area (Å²) in [5.41, 5.74) is 0.990. The van der Waals surface area contributed by atoms with Gasteiger partial charge in [0.1, 0.15) is 0 Å². The molecule has 0 spiro atoms. The number of rotatable bonds is 1. The van der Waals surface area contributed by atoms with Gasteiger partial charge < -0.3 is 0 Å². The Morgan fingerprint density at radius 1 is 1.38 bits per heavy atom. The highest BCUT2D eigenvalue weighted by atomic mass is 79.9. The Morgan fingerprint density at radius 3 is 2.85 bits per heavy atom. The zero-order chi connectivity index (χ0) is 9.26. The minimum atomic E-state index is 0.839. The molecule has 3 nitrogen and oxygen atoms in total. The van der Waals surface area contributed by atoms with Crippen molar-refractivity contribution in [2.75, 3.05) is 0 Å². The Bertz CT molecular complexity index is 422. The second-order valence-electron chi connectivity index (χ2n) is 2.74. The summed E-state index contributed by atoms with van der Waals surface area (Å²) in [5, 5.41) is 4.13. The fourth-order valence-corrected chi connectivity index (χ4v) is 1.37. The third-order valence-electron chi connectivity index (χ3n) is 1.66. The van der Waals surface area contributed by atoms with E-state index in [2.05, 4.69) is 26.0 Å². The van der Waals surface area contributed by atoms with Gasteiger partial charge in [-0.2, -0.15) is 5.10 Å². The van der Waals surface area contributed by atoms with Crippen LogP contribution in [0, 0.1) is 6.92 Å². The zero-order valence-electron chi connectivity index (χ0n) is 7.11. The third-order valence-corrected chi connectivity index (χ3v) is 2.07. The average Bonchev–Trinajstić information content (AvgIpc) is 2.52. The summed E-state index contributed by atoms with van der Waals surface area (Å²) in [6.07, 6.45) is 3.62. The molecule has 0 N–H and O–H groups in total. The highest BCUT2D eigenvalue weighted by Crippen LogP contribution is 2.10. The van der Waals surface area contributed by atoms with Crippen molar-refractivity contribution < 1.29 is 0 Å². The number of pyridine rings is 1. The van der Waals surface area contributed by atoms with Gasteiger partial charge >= 0.3 is 0 Å². The predicted octanol–water partition coefficient (Wildman–Crippen LogP) is 2.34. The Hall–Kier alpha value is -1.16. The van der Waals surface area contributed by atoms with E-state index in [0.717, 1.165) is 16.0 Å². The lowest BCUT2D eigenvalue weighted by Gasteiger charge is -1.99. The van der Waals surface area contributed by atoms with Crippen molar-refractivity contribution in [3.8, 4) is 5.82 Å². The molecule has 0 aliphatic rings. The van der Waals surface area contributed by atoms with Gasteiger partial charge in [0.05, 0.1) is 10.7 Å². The molecule has 0 fully saturated rings. The lowest BCUT2D eigenvalue weighted by molar-refractivity contribution is 0.840. The topological polar surface area (TPSA) is 30.7 Å². The maximum absolute atomic E-state index is 4.34. The smallest absolute Gasteiger partial charge is 0.153 e. The highest BCUT2D eigenvalue weighted by Gasteiger charge is 1.99. The van der Waals surface area contributed by atoms with Crippen molar-refractivity contribution in [1.82, 2.24) is 14.8 Å². The van der Waals surface area contributed by atoms with Gasteiger partial charge in [0, 0.05) is 11.9 Å². The van der Waals surface area contributed by atoms with Crippen molar-refractivity contribution >= 4 is 15.9 Å². The van der Waals surface area contributed by atoms with Gasteiger partial charge in [-0.1, -0.05) is 6.07 Å². The van der Waals surface area contributed by atoms with E-state index in [4.69, 9.17) is 0 Å². The number of aromatic nitrogens is 3. The monoisotopic (exact) mass is 237 g/mol. The Labute approximate surface area is 84.5 Å². The van der Waals surface area contributed by atoms with Crippen LogP contribution in [0.5, 0.6) is 0 Å². The van der Waals surface area contributed by atoms with Gasteiger partial charge in [-0.15, -0.1) is 0 Å². The van der Waals surface area contributed by atoms with E-state index < -0.39 is 0 Å². The van der Waals surface area contributed by atoms with E-state index in [0.29, 0.717) is 0 Å². The lowest BCUT2D eigenvalue weighted by atomic mass is 10.4. The van der Waals surface area contributed by atoms with Crippen LogP contribution in [0.1, 0.15) is 5.69 Å². The fraction of sp³-hybridized carbons (Fsp3) is 0.111. The first-order valence-electron chi connectivity index (χ1n) is 3.90. The van der Waals surface area contributed by atoms with Gasteiger partial charge in [-0.3, -0.25) is 0 Å². The van der Waals surface area contributed by atoms with Crippen LogP contribution in [0.3, 0.4) is 0 Å². The molecule has 2 rings (SSSR count). The van der Waals surface area contributed by atoms with Crippen molar-refractivity contribution in [3.63, 3.8) is 0 Å². The van der Waals surface area contributed by atoms with Gasteiger partial charge in [0.15, 0.2) is 5.82 Å². The molecular formula is C9H8BrN3. The van der Waals surface area contributed by atoms with Crippen LogP contribution in [-0.4, -0.2) is 14.8 Å². The molecule has 0 aliphatic carbocycles. The standard InChI is InChI=1S/C9H8BrN3/c1-7-3-2-4-9(12-7)13-6-8(10)5-11-13/h2-6H,1H3. The molecule has 13 heavy (non-hydrogen) atoms. The van der Waals surface area contributed by atoms with Crippen LogP contribution in [-0.2, 0) is 0 Å². The van der Waals surface area contributed by atoms with E-state index in [1.54, 1.807) is 10.9 Å². The van der Waals surface area contributed by atoms with Crippen LogP contribution < -0.4 is 0 Å². The molecule has 0 saturated carbocycles. The van der Waals surface area contributed by atoms with Gasteiger partial charge in [-0.05, 0) is 35.0 Å². The maximum atomic E-state index is 4.34. The van der Waals surface area contributed by atoms with E-state index in [1.807, 2.05) is 31.3 Å². The van der Waals surface area contributed by atoms with Crippen molar-refractivity contribution in [1.29, 1.82) is 0 Å². The van der Waals surface area contributed by atoms with Gasteiger partial charge in [0.25, 0.3) is 0 Å². The van der Waals surface area contributed by atoms with Gasteiger partial charge in [-0.25, -0.2) is 9.67 Å². The molecule has 0 saturated heterocycles. The molecule has 0 aromatic carbocycles. The zero-order valence-corrected chi connectivity index (χ0v) is 8.69. The molecule has 2 aromatic heterocycles. The molecule has 2 heterocycles. The van der Waals surface area contributed by atoms with E-state index in [-0.39, 0.29) is 0 Å². The number of hydrogen-bond donors (Lipinski definition) is 0. The molecule has 0 atom stereocenters. The lowest BCUT2D eigenvalue weighted by Crippen LogP contribution is -1.97. The molecule has 0 bridgehead atoms. The summed E-state index contributed by atoms with van der Waals surface area (Å²) in [6.45, 7) is 1.96. The second-order valence-corrected chi connectivity index (χ2v) is 3.66. The van der Waals surface area contributed by atoms with Crippen molar-refractivity contribution in [2.24, 2.45) is 0 Å². The summed E-state index contributed by atoms with van der Waals surface area (Å²) in [5.74, 6) is 0.839. The van der Waals surface area contributed by atoms with Crippen molar-refractivity contribution in [2.45, 2.75) is 6.92 Å². The minimum absolute atomic E-state index is 0.839. The van der Waals surface area contributed by atoms with Crippen LogP contribution >= 0.6 is 15.9 Å². The number of nitrogens with zero attached hydrogens (tertiary/aromatic N) is 3.